The minimum atomic E-state index is -1.85. The van der Waals surface area contributed by atoms with Gasteiger partial charge in [-0.15, -0.1) is 0 Å². The summed E-state index contributed by atoms with van der Waals surface area (Å²) in [6.07, 6.45) is 13.1. The van der Waals surface area contributed by atoms with Crippen molar-refractivity contribution in [2.24, 2.45) is 0 Å². The molecule has 0 aromatic heterocycles. The number of rotatable bonds is 30. The zero-order chi connectivity index (χ0) is 36.0. The van der Waals surface area contributed by atoms with Crippen molar-refractivity contribution in [3.63, 3.8) is 0 Å². The van der Waals surface area contributed by atoms with Gasteiger partial charge in [-0.3, -0.25) is 0 Å². The second-order valence-corrected chi connectivity index (χ2v) is 13.3. The second-order valence-electron chi connectivity index (χ2n) is 13.3. The highest BCUT2D eigenvalue weighted by atomic mass is 16.7. The molecule has 1 fully saturated rings. The standard InChI is InChI=1S/C24H50O.C12H24O11/c1-3-5-7-9-11-13-15-17-19-21-23-25-24-22-20-18-16-14-12-10-8-6-4-2;13-1-4(16)7(18)11(5(17)2-14)23-12-10(21)9(20)8(19)6(3-15)22-12/h3-24H2,1-2H3;4-21H,1-3H2/t;4-,5+,6+,7+,8+,9-,10+,11+,12+/m.0/s1. The normalized spacial score (nSPS) is 23.7. The summed E-state index contributed by atoms with van der Waals surface area (Å²) in [4.78, 5) is 0. The quantitative estimate of drug-likeness (QED) is 0.0496. The molecular formula is C36H74O12. The van der Waals surface area contributed by atoms with E-state index >= 15 is 0 Å². The van der Waals surface area contributed by atoms with Crippen LogP contribution in [-0.2, 0) is 14.2 Å². The highest BCUT2D eigenvalue weighted by Gasteiger charge is 2.46. The summed E-state index contributed by atoms with van der Waals surface area (Å²) in [5, 5.41) is 84.9. The van der Waals surface area contributed by atoms with Gasteiger partial charge in [-0.2, -0.15) is 0 Å². The zero-order valence-electron chi connectivity index (χ0n) is 30.1. The minimum absolute atomic E-state index is 0.708. The van der Waals surface area contributed by atoms with E-state index in [1.54, 1.807) is 0 Å². The van der Waals surface area contributed by atoms with E-state index in [2.05, 4.69) is 13.8 Å². The molecule has 0 aromatic carbocycles. The number of unbranched alkanes of at least 4 members (excludes halogenated alkanes) is 18. The Morgan fingerprint density at radius 3 is 1.29 bits per heavy atom. The molecule has 0 aromatic rings. The molecule has 9 atom stereocenters. The molecule has 0 bridgehead atoms. The van der Waals surface area contributed by atoms with Crippen LogP contribution >= 0.6 is 0 Å². The molecule has 290 valence electrons. The van der Waals surface area contributed by atoms with E-state index in [0.717, 1.165) is 13.2 Å². The molecule has 0 amide bonds. The molecule has 48 heavy (non-hydrogen) atoms. The van der Waals surface area contributed by atoms with Crippen LogP contribution < -0.4 is 0 Å². The van der Waals surface area contributed by atoms with Crippen molar-refractivity contribution >= 4 is 0 Å². The lowest BCUT2D eigenvalue weighted by atomic mass is 9.98. The Kier molecular flexibility index (Phi) is 32.1. The summed E-state index contributed by atoms with van der Waals surface area (Å²) in [6.45, 7) is 4.12. The third kappa shape index (κ3) is 22.4. The average Bonchev–Trinajstić information content (AvgIpc) is 3.10. The van der Waals surface area contributed by atoms with Crippen molar-refractivity contribution in [3.05, 3.63) is 0 Å². The van der Waals surface area contributed by atoms with Crippen molar-refractivity contribution in [1.29, 1.82) is 0 Å². The summed E-state index contributed by atoms with van der Waals surface area (Å²) in [5.74, 6) is 0. The Labute approximate surface area is 290 Å². The summed E-state index contributed by atoms with van der Waals surface area (Å²) in [7, 11) is 0. The van der Waals surface area contributed by atoms with Gasteiger partial charge < -0.3 is 60.2 Å². The van der Waals surface area contributed by atoms with E-state index in [0.29, 0.717) is 0 Å². The Hall–Kier alpha value is -0.480. The number of hydrogen-bond donors (Lipinski definition) is 9. The molecule has 1 heterocycles. The summed E-state index contributed by atoms with van der Waals surface area (Å²) in [6, 6.07) is 0. The molecule has 12 nitrogen and oxygen atoms in total. The van der Waals surface area contributed by atoms with Crippen molar-refractivity contribution in [2.75, 3.05) is 33.0 Å². The minimum Gasteiger partial charge on any atom is -0.394 e. The van der Waals surface area contributed by atoms with E-state index in [1.807, 2.05) is 0 Å². The molecule has 1 rings (SSSR count). The number of ether oxygens (including phenoxy) is 3. The fraction of sp³-hybridized carbons (Fsp3) is 1.00. The van der Waals surface area contributed by atoms with Crippen LogP contribution in [0.15, 0.2) is 0 Å². The summed E-state index contributed by atoms with van der Waals surface area (Å²) in [5.41, 5.74) is 0. The lowest BCUT2D eigenvalue weighted by molar-refractivity contribution is -0.327. The van der Waals surface area contributed by atoms with Gasteiger partial charge in [0.2, 0.25) is 0 Å². The van der Waals surface area contributed by atoms with Gasteiger partial charge in [0, 0.05) is 13.2 Å². The topological polar surface area (TPSA) is 210 Å². The molecule has 12 heteroatoms. The van der Waals surface area contributed by atoms with Gasteiger partial charge in [0.25, 0.3) is 0 Å². The van der Waals surface area contributed by atoms with Gasteiger partial charge in [-0.25, -0.2) is 0 Å². The van der Waals surface area contributed by atoms with Gasteiger partial charge in [0.05, 0.1) is 19.8 Å². The Bertz CT molecular complexity index is 651. The first-order valence-electron chi connectivity index (χ1n) is 19.0. The zero-order valence-corrected chi connectivity index (χ0v) is 30.1. The molecule has 1 saturated heterocycles. The molecule has 0 radical (unpaired) electrons. The Morgan fingerprint density at radius 1 is 0.521 bits per heavy atom. The van der Waals surface area contributed by atoms with Crippen molar-refractivity contribution in [1.82, 2.24) is 0 Å². The third-order valence-electron chi connectivity index (χ3n) is 8.91. The number of hydrogen-bond acceptors (Lipinski definition) is 12. The molecule has 0 aliphatic carbocycles. The molecule has 0 saturated carbocycles. The van der Waals surface area contributed by atoms with E-state index in [1.165, 1.54) is 128 Å². The summed E-state index contributed by atoms with van der Waals surface area (Å²) >= 11 is 0. The maximum absolute atomic E-state index is 9.83. The lowest BCUT2D eigenvalue weighted by Crippen LogP contribution is -2.61. The van der Waals surface area contributed by atoms with E-state index in [4.69, 9.17) is 29.5 Å². The maximum atomic E-state index is 9.83. The predicted molar refractivity (Wildman–Crippen MR) is 185 cm³/mol. The smallest absolute Gasteiger partial charge is 0.187 e. The van der Waals surface area contributed by atoms with Crippen molar-refractivity contribution < 1.29 is 60.2 Å². The number of aliphatic hydroxyl groups excluding tert-OH is 9. The molecule has 9 N–H and O–H groups in total. The highest BCUT2D eigenvalue weighted by Crippen LogP contribution is 2.25. The number of aliphatic hydroxyl groups is 9. The largest absolute Gasteiger partial charge is 0.394 e. The van der Waals surface area contributed by atoms with Gasteiger partial charge in [-0.1, -0.05) is 129 Å². The molecular weight excluding hydrogens is 624 g/mol. The second kappa shape index (κ2) is 32.4. The first-order valence-corrected chi connectivity index (χ1v) is 19.0. The SMILES string of the molecule is CCCCCCCCCCCCOCCCCCCCCCCCC.OC[C@@H](O)[C@@H](O[C@H]1O[C@H](CO)[C@@H](O)[C@H](O)[C@H]1O)[C@H](O)[C@@H](O)CO. The third-order valence-corrected chi connectivity index (χ3v) is 8.91. The molecule has 1 aliphatic rings. The maximum Gasteiger partial charge on any atom is 0.187 e. The van der Waals surface area contributed by atoms with Crippen LogP contribution in [-0.4, -0.2) is 134 Å². The van der Waals surface area contributed by atoms with Crippen molar-refractivity contribution in [3.8, 4) is 0 Å². The van der Waals surface area contributed by atoms with Crippen LogP contribution in [0.1, 0.15) is 142 Å². The van der Waals surface area contributed by atoms with Gasteiger partial charge in [0.1, 0.15) is 48.8 Å². The van der Waals surface area contributed by atoms with Crippen LogP contribution in [0.25, 0.3) is 0 Å². The predicted octanol–water partition coefficient (Wildman–Crippen LogP) is 3.08. The summed E-state index contributed by atoms with van der Waals surface area (Å²) < 4.78 is 15.9. The van der Waals surface area contributed by atoms with Crippen LogP contribution in [0.3, 0.4) is 0 Å². The van der Waals surface area contributed by atoms with Gasteiger partial charge >= 0.3 is 0 Å². The van der Waals surface area contributed by atoms with Crippen LogP contribution in [0.5, 0.6) is 0 Å². The fourth-order valence-electron chi connectivity index (χ4n) is 5.65. The van der Waals surface area contributed by atoms with Crippen LogP contribution in [0.2, 0.25) is 0 Å². The van der Waals surface area contributed by atoms with E-state index < -0.39 is 74.9 Å². The fourth-order valence-corrected chi connectivity index (χ4v) is 5.65. The Morgan fingerprint density at radius 2 is 0.917 bits per heavy atom. The van der Waals surface area contributed by atoms with Crippen molar-refractivity contribution in [2.45, 2.75) is 197 Å². The van der Waals surface area contributed by atoms with Gasteiger partial charge in [0.15, 0.2) is 6.29 Å². The molecule has 0 spiro atoms. The molecule has 0 unspecified atom stereocenters. The van der Waals surface area contributed by atoms with E-state index in [-0.39, 0.29) is 0 Å². The first kappa shape index (κ1) is 47.5. The lowest BCUT2D eigenvalue weighted by Gasteiger charge is -2.42. The molecule has 1 aliphatic heterocycles. The average molecular weight is 699 g/mol. The van der Waals surface area contributed by atoms with Crippen LogP contribution in [0.4, 0.5) is 0 Å². The van der Waals surface area contributed by atoms with Crippen LogP contribution in [0, 0.1) is 0 Å². The van der Waals surface area contributed by atoms with E-state index in [9.17, 15) is 30.6 Å². The monoisotopic (exact) mass is 699 g/mol. The highest BCUT2D eigenvalue weighted by molar-refractivity contribution is 4.91. The van der Waals surface area contributed by atoms with Gasteiger partial charge in [-0.05, 0) is 12.8 Å². The first-order chi connectivity index (χ1) is 23.2. The Balaban J connectivity index is 0.000000923.